The number of benzene rings is 1. The van der Waals surface area contributed by atoms with Gasteiger partial charge in [0.15, 0.2) is 5.82 Å². The molecule has 0 aliphatic carbocycles. The molecular formula is C16H14ClN5O4S. The minimum absolute atomic E-state index is 0.00667. The largest absolute Gasteiger partial charge is 0.275 e. The maximum absolute atomic E-state index is 12.6. The Hall–Kier alpha value is -2.98. The second-order valence-electron chi connectivity index (χ2n) is 5.67. The molecule has 11 heteroatoms. The van der Waals surface area contributed by atoms with Gasteiger partial charge >= 0.3 is 0 Å². The zero-order chi connectivity index (χ0) is 19.6. The van der Waals surface area contributed by atoms with E-state index in [9.17, 15) is 18.5 Å². The van der Waals surface area contributed by atoms with Crippen LogP contribution < -0.4 is 4.72 Å². The van der Waals surface area contributed by atoms with Crippen molar-refractivity contribution < 1.29 is 13.3 Å². The fourth-order valence-corrected chi connectivity index (χ4v) is 3.68. The Bertz CT molecular complexity index is 1100. The van der Waals surface area contributed by atoms with Crippen molar-refractivity contribution in [2.24, 2.45) is 0 Å². The van der Waals surface area contributed by atoms with Crippen LogP contribution in [0.4, 0.5) is 11.5 Å². The fraction of sp³-hybridized carbons (Fsp3) is 0.125. The molecule has 9 nitrogen and oxygen atoms in total. The topological polar surface area (TPSA) is 120 Å². The van der Waals surface area contributed by atoms with Gasteiger partial charge < -0.3 is 0 Å². The standard InChI is InChI=1S/C16H14ClN5O4S/c1-11-14(17)8-13(9-15(11)22(23)24)27(25,26)20-16-4-7-21(19-16)10-12-2-5-18-6-3-12/h2-9H,10H2,1H3,(H,19,20). The Labute approximate surface area is 159 Å². The molecule has 0 saturated carbocycles. The molecule has 0 aliphatic heterocycles. The van der Waals surface area contributed by atoms with Crippen LogP contribution in [0, 0.1) is 17.0 Å². The Kier molecular flexibility index (Phi) is 5.10. The predicted molar refractivity (Wildman–Crippen MR) is 99.2 cm³/mol. The third kappa shape index (κ3) is 4.23. The van der Waals surface area contributed by atoms with Gasteiger partial charge in [-0.3, -0.25) is 24.5 Å². The van der Waals surface area contributed by atoms with Gasteiger partial charge in [0, 0.05) is 36.3 Å². The number of nitrogens with one attached hydrogen (secondary N) is 1. The Morgan fingerprint density at radius 1 is 1.26 bits per heavy atom. The molecule has 3 aromatic rings. The van der Waals surface area contributed by atoms with Gasteiger partial charge in [-0.2, -0.15) is 5.10 Å². The molecule has 2 aromatic heterocycles. The van der Waals surface area contributed by atoms with E-state index < -0.39 is 14.9 Å². The zero-order valence-corrected chi connectivity index (χ0v) is 15.6. The number of nitrogens with zero attached hydrogens (tertiary/aromatic N) is 4. The molecule has 0 spiro atoms. The van der Waals surface area contributed by atoms with Gasteiger partial charge in [0.25, 0.3) is 15.7 Å². The van der Waals surface area contributed by atoms with Crippen molar-refractivity contribution >= 4 is 33.1 Å². The van der Waals surface area contributed by atoms with Gasteiger partial charge in [-0.15, -0.1) is 0 Å². The van der Waals surface area contributed by atoms with Crippen molar-refractivity contribution in [3.8, 4) is 0 Å². The first-order chi connectivity index (χ1) is 12.8. The predicted octanol–water partition coefficient (Wildman–Crippen LogP) is 3.00. The average Bonchev–Trinajstić information content (AvgIpc) is 3.03. The second kappa shape index (κ2) is 7.33. The first kappa shape index (κ1) is 18.8. The van der Waals surface area contributed by atoms with E-state index >= 15 is 0 Å². The Morgan fingerprint density at radius 2 is 1.96 bits per heavy atom. The summed E-state index contributed by atoms with van der Waals surface area (Å²) in [6.45, 7) is 1.89. The van der Waals surface area contributed by atoms with Gasteiger partial charge in [0.1, 0.15) is 0 Å². The minimum Gasteiger partial charge on any atom is -0.266 e. The number of anilines is 1. The summed E-state index contributed by atoms with van der Waals surface area (Å²) in [5.41, 5.74) is 0.775. The summed E-state index contributed by atoms with van der Waals surface area (Å²) in [4.78, 5) is 14.0. The van der Waals surface area contributed by atoms with Crippen molar-refractivity contribution in [3.63, 3.8) is 0 Å². The number of hydrogen-bond acceptors (Lipinski definition) is 6. The highest BCUT2D eigenvalue weighted by molar-refractivity contribution is 7.92. The minimum atomic E-state index is -4.09. The van der Waals surface area contributed by atoms with Crippen LogP contribution in [0.25, 0.3) is 0 Å². The number of hydrogen-bond donors (Lipinski definition) is 1. The Balaban J connectivity index is 1.84. The third-order valence-corrected chi connectivity index (χ3v) is 5.50. The molecule has 27 heavy (non-hydrogen) atoms. The number of nitro groups is 1. The molecule has 0 atom stereocenters. The van der Waals surface area contributed by atoms with Crippen LogP contribution >= 0.6 is 11.6 Å². The molecule has 1 N–H and O–H groups in total. The average molecular weight is 408 g/mol. The number of rotatable bonds is 6. The summed E-state index contributed by atoms with van der Waals surface area (Å²) in [7, 11) is -4.09. The monoisotopic (exact) mass is 407 g/mol. The summed E-state index contributed by atoms with van der Waals surface area (Å²) in [5.74, 6) is 0.0865. The molecule has 0 bridgehead atoms. The van der Waals surface area contributed by atoms with Crippen molar-refractivity contribution in [2.75, 3.05) is 4.72 Å². The number of nitro benzene ring substituents is 1. The first-order valence-corrected chi connectivity index (χ1v) is 9.52. The second-order valence-corrected chi connectivity index (χ2v) is 7.76. The van der Waals surface area contributed by atoms with Crippen LogP contribution in [0.1, 0.15) is 11.1 Å². The van der Waals surface area contributed by atoms with Crippen LogP contribution in [-0.4, -0.2) is 28.1 Å². The summed E-state index contributed by atoms with van der Waals surface area (Å²) in [6.07, 6.45) is 4.91. The van der Waals surface area contributed by atoms with Gasteiger partial charge in [-0.1, -0.05) is 11.6 Å². The lowest BCUT2D eigenvalue weighted by Crippen LogP contribution is -2.14. The molecule has 0 unspecified atom stereocenters. The van der Waals surface area contributed by atoms with Crippen molar-refractivity contribution in [2.45, 2.75) is 18.4 Å². The van der Waals surface area contributed by atoms with E-state index in [1.54, 1.807) is 23.3 Å². The highest BCUT2D eigenvalue weighted by Gasteiger charge is 2.23. The molecule has 3 rings (SSSR count). The normalized spacial score (nSPS) is 11.3. The van der Waals surface area contributed by atoms with Crippen molar-refractivity contribution in [1.82, 2.24) is 14.8 Å². The molecule has 0 radical (unpaired) electrons. The SMILES string of the molecule is Cc1c(Cl)cc(S(=O)(=O)Nc2ccn(Cc3ccncc3)n2)cc1[N+](=O)[O-]. The molecule has 0 aliphatic rings. The molecule has 0 fully saturated rings. The van der Waals surface area contributed by atoms with Crippen LogP contribution in [-0.2, 0) is 16.6 Å². The summed E-state index contributed by atoms with van der Waals surface area (Å²) < 4.78 is 29.0. The van der Waals surface area contributed by atoms with Crippen LogP contribution in [0.15, 0.2) is 53.8 Å². The molecule has 1 aromatic carbocycles. The van der Waals surface area contributed by atoms with Crippen molar-refractivity contribution in [1.29, 1.82) is 0 Å². The Morgan fingerprint density at radius 3 is 2.63 bits per heavy atom. The van der Waals surface area contributed by atoms with Gasteiger partial charge in [-0.05, 0) is 30.7 Å². The summed E-state index contributed by atoms with van der Waals surface area (Å²) in [5, 5.41) is 15.2. The number of sulfonamides is 1. The highest BCUT2D eigenvalue weighted by Crippen LogP contribution is 2.30. The third-order valence-electron chi connectivity index (χ3n) is 3.77. The van der Waals surface area contributed by atoms with E-state index in [0.29, 0.717) is 6.54 Å². The van der Waals surface area contributed by atoms with Crippen molar-refractivity contribution in [3.05, 3.63) is 75.2 Å². The van der Waals surface area contributed by atoms with E-state index in [0.717, 1.165) is 11.6 Å². The van der Waals surface area contributed by atoms with Crippen LogP contribution in [0.2, 0.25) is 5.02 Å². The maximum Gasteiger partial charge on any atom is 0.275 e. The highest BCUT2D eigenvalue weighted by atomic mass is 35.5. The lowest BCUT2D eigenvalue weighted by atomic mass is 10.2. The zero-order valence-electron chi connectivity index (χ0n) is 14.0. The maximum atomic E-state index is 12.6. The van der Waals surface area contributed by atoms with E-state index in [1.165, 1.54) is 19.1 Å². The molecule has 2 heterocycles. The molecule has 0 amide bonds. The number of halogens is 1. The summed E-state index contributed by atoms with van der Waals surface area (Å²) in [6, 6.07) is 7.26. The lowest BCUT2D eigenvalue weighted by Gasteiger charge is -2.08. The van der Waals surface area contributed by atoms with E-state index in [-0.39, 0.29) is 27.0 Å². The molecule has 140 valence electrons. The smallest absolute Gasteiger partial charge is 0.266 e. The number of aromatic nitrogens is 3. The molecular weight excluding hydrogens is 394 g/mol. The van der Waals surface area contributed by atoms with Crippen LogP contribution in [0.5, 0.6) is 0 Å². The number of pyridine rings is 1. The first-order valence-electron chi connectivity index (χ1n) is 7.66. The summed E-state index contributed by atoms with van der Waals surface area (Å²) >= 11 is 5.94. The van der Waals surface area contributed by atoms with E-state index in [2.05, 4.69) is 14.8 Å². The molecule has 0 saturated heterocycles. The van der Waals surface area contributed by atoms with Gasteiger partial charge in [0.2, 0.25) is 0 Å². The van der Waals surface area contributed by atoms with E-state index in [4.69, 9.17) is 11.6 Å². The van der Waals surface area contributed by atoms with Crippen LogP contribution in [0.3, 0.4) is 0 Å². The van der Waals surface area contributed by atoms with E-state index in [1.807, 2.05) is 12.1 Å². The quantitative estimate of drug-likeness (QED) is 0.495. The lowest BCUT2D eigenvalue weighted by molar-refractivity contribution is -0.385. The van der Waals surface area contributed by atoms with Gasteiger partial charge in [0.05, 0.1) is 21.4 Å². The fourth-order valence-electron chi connectivity index (χ4n) is 2.36. The van der Waals surface area contributed by atoms with Gasteiger partial charge in [-0.25, -0.2) is 8.42 Å².